The normalized spacial score (nSPS) is 15.5. The summed E-state index contributed by atoms with van der Waals surface area (Å²) in [5.41, 5.74) is 0. The zero-order chi connectivity index (χ0) is 10.9. The third-order valence-electron chi connectivity index (χ3n) is 2.77. The minimum absolute atomic E-state index is 0.963. The SMILES string of the molecule is CCCCN(CCCC)CC1=NCCN1. The van der Waals surface area contributed by atoms with Gasteiger partial charge in [-0.25, -0.2) is 0 Å². The summed E-state index contributed by atoms with van der Waals surface area (Å²) < 4.78 is 0. The average molecular weight is 211 g/mol. The molecule has 0 bridgehead atoms. The molecule has 0 unspecified atom stereocenters. The van der Waals surface area contributed by atoms with Crippen molar-refractivity contribution in [2.45, 2.75) is 39.5 Å². The van der Waals surface area contributed by atoms with E-state index in [1.807, 2.05) is 0 Å². The van der Waals surface area contributed by atoms with Gasteiger partial charge < -0.3 is 5.32 Å². The van der Waals surface area contributed by atoms with Gasteiger partial charge in [0.1, 0.15) is 5.84 Å². The Morgan fingerprint density at radius 1 is 1.20 bits per heavy atom. The first-order valence-corrected chi connectivity index (χ1v) is 6.36. The second-order valence-electron chi connectivity index (χ2n) is 4.24. The molecule has 0 aromatic heterocycles. The molecule has 0 radical (unpaired) electrons. The molecule has 1 heterocycles. The van der Waals surface area contributed by atoms with Crippen LogP contribution in [0.4, 0.5) is 0 Å². The van der Waals surface area contributed by atoms with E-state index in [1.54, 1.807) is 0 Å². The number of hydrogen-bond acceptors (Lipinski definition) is 3. The van der Waals surface area contributed by atoms with Crippen LogP contribution in [-0.4, -0.2) is 43.5 Å². The van der Waals surface area contributed by atoms with E-state index in [-0.39, 0.29) is 0 Å². The van der Waals surface area contributed by atoms with Crippen LogP contribution in [0, 0.1) is 0 Å². The van der Waals surface area contributed by atoms with E-state index in [0.717, 1.165) is 19.6 Å². The first-order chi connectivity index (χ1) is 7.36. The van der Waals surface area contributed by atoms with E-state index in [1.165, 1.54) is 44.6 Å². The van der Waals surface area contributed by atoms with Crippen LogP contribution in [0.1, 0.15) is 39.5 Å². The van der Waals surface area contributed by atoms with Gasteiger partial charge in [-0.1, -0.05) is 26.7 Å². The molecule has 15 heavy (non-hydrogen) atoms. The Labute approximate surface area is 94.0 Å². The summed E-state index contributed by atoms with van der Waals surface area (Å²) in [6.07, 6.45) is 5.17. The number of nitrogens with one attached hydrogen (secondary N) is 1. The zero-order valence-electron chi connectivity index (χ0n) is 10.3. The summed E-state index contributed by atoms with van der Waals surface area (Å²) in [5, 5.41) is 3.35. The van der Waals surface area contributed by atoms with Gasteiger partial charge in [0.05, 0.1) is 13.1 Å². The summed E-state index contributed by atoms with van der Waals surface area (Å²) in [6, 6.07) is 0. The maximum absolute atomic E-state index is 4.46. The second-order valence-corrected chi connectivity index (χ2v) is 4.24. The van der Waals surface area contributed by atoms with Crippen LogP contribution in [-0.2, 0) is 0 Å². The molecular formula is C12H25N3. The van der Waals surface area contributed by atoms with E-state index < -0.39 is 0 Å². The predicted molar refractivity (Wildman–Crippen MR) is 66.6 cm³/mol. The lowest BCUT2D eigenvalue weighted by Crippen LogP contribution is -2.36. The molecule has 88 valence electrons. The van der Waals surface area contributed by atoms with Crippen molar-refractivity contribution in [1.82, 2.24) is 10.2 Å². The minimum atomic E-state index is 0.963. The average Bonchev–Trinajstić information content (AvgIpc) is 2.74. The highest BCUT2D eigenvalue weighted by atomic mass is 15.2. The summed E-state index contributed by atoms with van der Waals surface area (Å²) in [7, 11) is 0. The number of hydrogen-bond donors (Lipinski definition) is 1. The Kier molecular flexibility index (Phi) is 6.41. The van der Waals surface area contributed by atoms with E-state index >= 15 is 0 Å². The Morgan fingerprint density at radius 2 is 1.87 bits per heavy atom. The number of unbranched alkanes of at least 4 members (excludes halogenated alkanes) is 2. The maximum Gasteiger partial charge on any atom is 0.111 e. The highest BCUT2D eigenvalue weighted by Crippen LogP contribution is 2.00. The van der Waals surface area contributed by atoms with Gasteiger partial charge in [0, 0.05) is 6.54 Å². The van der Waals surface area contributed by atoms with Crippen LogP contribution in [0.25, 0.3) is 0 Å². The number of amidine groups is 1. The van der Waals surface area contributed by atoms with Crippen LogP contribution in [0.2, 0.25) is 0 Å². The third kappa shape index (κ3) is 5.17. The smallest absolute Gasteiger partial charge is 0.111 e. The Balaban J connectivity index is 2.26. The monoisotopic (exact) mass is 211 g/mol. The van der Waals surface area contributed by atoms with Gasteiger partial charge in [-0.2, -0.15) is 0 Å². The van der Waals surface area contributed by atoms with Crippen LogP contribution in [0.5, 0.6) is 0 Å². The summed E-state index contributed by atoms with van der Waals surface area (Å²) in [6.45, 7) is 9.97. The first kappa shape index (κ1) is 12.5. The Bertz CT molecular complexity index is 181. The predicted octanol–water partition coefficient (Wildman–Crippen LogP) is 1.89. The van der Waals surface area contributed by atoms with Crippen LogP contribution in [0.3, 0.4) is 0 Å². The fraction of sp³-hybridized carbons (Fsp3) is 0.917. The van der Waals surface area contributed by atoms with Gasteiger partial charge in [-0.15, -0.1) is 0 Å². The lowest BCUT2D eigenvalue weighted by atomic mass is 10.2. The summed E-state index contributed by atoms with van der Waals surface area (Å²) in [4.78, 5) is 6.99. The van der Waals surface area contributed by atoms with Crippen molar-refractivity contribution in [2.75, 3.05) is 32.7 Å². The highest BCUT2D eigenvalue weighted by Gasteiger charge is 2.10. The molecule has 0 spiro atoms. The molecule has 1 rings (SSSR count). The molecule has 1 aliphatic heterocycles. The minimum Gasteiger partial charge on any atom is -0.371 e. The standard InChI is InChI=1S/C12H25N3/c1-3-5-9-15(10-6-4-2)11-12-13-7-8-14-12/h3-11H2,1-2H3,(H,13,14). The van der Waals surface area contributed by atoms with Gasteiger partial charge in [0.15, 0.2) is 0 Å². The quantitative estimate of drug-likeness (QED) is 0.664. The van der Waals surface area contributed by atoms with E-state index in [2.05, 4.69) is 29.1 Å². The summed E-state index contributed by atoms with van der Waals surface area (Å²) >= 11 is 0. The number of nitrogens with zero attached hydrogens (tertiary/aromatic N) is 2. The van der Waals surface area contributed by atoms with E-state index in [4.69, 9.17) is 0 Å². The topological polar surface area (TPSA) is 27.6 Å². The molecule has 3 heteroatoms. The van der Waals surface area contributed by atoms with E-state index in [9.17, 15) is 0 Å². The van der Waals surface area contributed by atoms with E-state index in [0.29, 0.717) is 0 Å². The van der Waals surface area contributed by atoms with Crippen molar-refractivity contribution in [2.24, 2.45) is 4.99 Å². The lowest BCUT2D eigenvalue weighted by Gasteiger charge is -2.21. The molecule has 0 amide bonds. The molecule has 0 aliphatic carbocycles. The molecular weight excluding hydrogens is 186 g/mol. The first-order valence-electron chi connectivity index (χ1n) is 6.36. The van der Waals surface area contributed by atoms with Crippen molar-refractivity contribution < 1.29 is 0 Å². The Hall–Kier alpha value is -0.570. The van der Waals surface area contributed by atoms with Crippen LogP contribution in [0.15, 0.2) is 4.99 Å². The van der Waals surface area contributed by atoms with Crippen molar-refractivity contribution >= 4 is 5.84 Å². The molecule has 0 atom stereocenters. The molecule has 1 aliphatic rings. The van der Waals surface area contributed by atoms with Gasteiger partial charge >= 0.3 is 0 Å². The van der Waals surface area contributed by atoms with Crippen molar-refractivity contribution in [1.29, 1.82) is 0 Å². The van der Waals surface area contributed by atoms with Gasteiger partial charge in [-0.3, -0.25) is 9.89 Å². The largest absolute Gasteiger partial charge is 0.371 e. The third-order valence-corrected chi connectivity index (χ3v) is 2.77. The molecule has 0 fully saturated rings. The van der Waals surface area contributed by atoms with Crippen molar-refractivity contribution in [3.63, 3.8) is 0 Å². The Morgan fingerprint density at radius 3 is 2.33 bits per heavy atom. The number of aliphatic imine (C=N–C) groups is 1. The highest BCUT2D eigenvalue weighted by molar-refractivity contribution is 5.85. The molecule has 0 aromatic rings. The van der Waals surface area contributed by atoms with Gasteiger partial charge in [-0.05, 0) is 25.9 Å². The lowest BCUT2D eigenvalue weighted by molar-refractivity contribution is 0.299. The summed E-state index contributed by atoms with van der Waals surface area (Å²) in [5.74, 6) is 1.20. The van der Waals surface area contributed by atoms with Gasteiger partial charge in [0.25, 0.3) is 0 Å². The van der Waals surface area contributed by atoms with Gasteiger partial charge in [0.2, 0.25) is 0 Å². The van der Waals surface area contributed by atoms with Crippen LogP contribution < -0.4 is 5.32 Å². The molecule has 0 aromatic carbocycles. The van der Waals surface area contributed by atoms with Crippen molar-refractivity contribution in [3.8, 4) is 0 Å². The molecule has 0 saturated heterocycles. The fourth-order valence-corrected chi connectivity index (χ4v) is 1.80. The second kappa shape index (κ2) is 7.69. The molecule has 1 N–H and O–H groups in total. The molecule has 0 saturated carbocycles. The molecule has 3 nitrogen and oxygen atoms in total. The van der Waals surface area contributed by atoms with Crippen LogP contribution >= 0.6 is 0 Å². The van der Waals surface area contributed by atoms with Crippen molar-refractivity contribution in [3.05, 3.63) is 0 Å². The fourth-order valence-electron chi connectivity index (χ4n) is 1.80. The maximum atomic E-state index is 4.46. The zero-order valence-corrected chi connectivity index (χ0v) is 10.3. The number of rotatable bonds is 8.